The largest absolute Gasteiger partial charge is 0.464 e. The van der Waals surface area contributed by atoms with E-state index in [0.29, 0.717) is 11.0 Å². The topological polar surface area (TPSA) is 66.8 Å². The molecule has 2 rings (SSSR count). The molecule has 2 aliphatic rings. The number of aliphatic hydroxyl groups excluding tert-OH is 1. The number of carbonyl (C=O) groups is 2. The molecule has 1 N–H and O–H groups in total. The van der Waals surface area contributed by atoms with Crippen molar-refractivity contribution in [2.45, 2.75) is 18.4 Å². The fourth-order valence-corrected chi connectivity index (χ4v) is 5.96. The molecule has 0 aromatic rings. The predicted molar refractivity (Wildman–Crippen MR) is 73.8 cm³/mol. The molecule has 1 fully saturated rings. The van der Waals surface area contributed by atoms with E-state index in [-0.39, 0.29) is 11.3 Å². The minimum atomic E-state index is -0.712. The highest BCUT2D eigenvalue weighted by Crippen LogP contribution is 2.53. The molecule has 0 aromatic carbocycles. The highest BCUT2D eigenvalue weighted by atomic mass is 79.9. The number of alkyl halides is 1. The van der Waals surface area contributed by atoms with Gasteiger partial charge in [0.1, 0.15) is 11.1 Å². The summed E-state index contributed by atoms with van der Waals surface area (Å²) >= 11 is 3.30. The van der Waals surface area contributed by atoms with Crippen LogP contribution in [0.25, 0.3) is 0 Å². The first kappa shape index (κ1) is 14.2. The molecule has 0 spiro atoms. The maximum Gasteiger partial charge on any atom is 0.355 e. The van der Waals surface area contributed by atoms with Gasteiger partial charge in [-0.1, -0.05) is 37.5 Å². The van der Waals surface area contributed by atoms with Crippen LogP contribution in [0.1, 0.15) is 6.92 Å². The Kier molecular flexibility index (Phi) is 4.30. The van der Waals surface area contributed by atoms with Crippen molar-refractivity contribution in [1.82, 2.24) is 4.90 Å². The van der Waals surface area contributed by atoms with Crippen LogP contribution in [-0.2, 0) is 14.3 Å². The van der Waals surface area contributed by atoms with Gasteiger partial charge in [0.05, 0.1) is 19.1 Å². The number of hydrogen-bond donors (Lipinski definition) is 1. The zero-order chi connectivity index (χ0) is 13.4. The van der Waals surface area contributed by atoms with E-state index in [1.807, 2.05) is 0 Å². The highest BCUT2D eigenvalue weighted by molar-refractivity contribution is 9.09. The van der Waals surface area contributed by atoms with Crippen LogP contribution < -0.4 is 0 Å². The summed E-state index contributed by atoms with van der Waals surface area (Å²) in [4.78, 5) is 26.0. The van der Waals surface area contributed by atoms with Crippen LogP contribution in [0, 0.1) is 5.92 Å². The number of nitrogens with zero attached hydrogens (tertiary/aromatic N) is 1. The zero-order valence-electron chi connectivity index (χ0n) is 9.75. The quantitative estimate of drug-likeness (QED) is 0.357. The first-order valence-electron chi connectivity index (χ1n) is 5.24. The number of β-lactam (4-membered cyclic amide) rings is 1. The summed E-state index contributed by atoms with van der Waals surface area (Å²) in [6.07, 6.45) is -0.712. The molecule has 0 saturated carbocycles. The summed E-state index contributed by atoms with van der Waals surface area (Å²) in [5, 5.41) is 9.87. The van der Waals surface area contributed by atoms with Crippen molar-refractivity contribution in [3.63, 3.8) is 0 Å². The Morgan fingerprint density at radius 2 is 2.33 bits per heavy atom. The van der Waals surface area contributed by atoms with Gasteiger partial charge in [-0.05, 0) is 6.92 Å². The van der Waals surface area contributed by atoms with E-state index < -0.39 is 18.0 Å². The summed E-state index contributed by atoms with van der Waals surface area (Å²) in [5.41, 5.74) is 0.296. The fourth-order valence-electron chi connectivity index (χ4n) is 1.95. The van der Waals surface area contributed by atoms with Crippen molar-refractivity contribution < 1.29 is 19.4 Å². The molecule has 2 aliphatic heterocycles. The average Bonchev–Trinajstić information content (AvgIpc) is 2.35. The Morgan fingerprint density at radius 3 is 2.83 bits per heavy atom. The fraction of sp³-hybridized carbons (Fsp3) is 0.600. The average molecular weight is 354 g/mol. The number of halogens is 1. The first-order chi connectivity index (χ1) is 8.52. The number of methoxy groups -OCH3 is 1. The van der Waals surface area contributed by atoms with Crippen LogP contribution in [-0.4, -0.2) is 45.8 Å². The number of esters is 1. The predicted octanol–water partition coefficient (Wildman–Crippen LogP) is 1.33. The molecule has 8 heteroatoms. The molecule has 0 unspecified atom stereocenters. The van der Waals surface area contributed by atoms with E-state index in [9.17, 15) is 14.7 Å². The van der Waals surface area contributed by atoms with Crippen LogP contribution in [0.5, 0.6) is 0 Å². The van der Waals surface area contributed by atoms with Crippen molar-refractivity contribution in [2.24, 2.45) is 5.92 Å². The summed E-state index contributed by atoms with van der Waals surface area (Å²) in [6.45, 7) is 1.59. The van der Waals surface area contributed by atoms with E-state index in [2.05, 4.69) is 15.9 Å². The van der Waals surface area contributed by atoms with E-state index in [1.54, 1.807) is 6.92 Å². The van der Waals surface area contributed by atoms with Crippen LogP contribution in [0.2, 0.25) is 0 Å². The minimum Gasteiger partial charge on any atom is -0.464 e. The van der Waals surface area contributed by atoms with Crippen molar-refractivity contribution in [1.29, 1.82) is 0 Å². The van der Waals surface area contributed by atoms with Crippen molar-refractivity contribution >= 4 is 49.4 Å². The third-order valence-corrected chi connectivity index (χ3v) is 6.61. The van der Waals surface area contributed by atoms with Crippen molar-refractivity contribution in [3.8, 4) is 0 Å². The van der Waals surface area contributed by atoms with Gasteiger partial charge >= 0.3 is 5.97 Å². The Bertz CT molecular complexity index is 426. The molecular formula is C10H12BrNO4S2. The van der Waals surface area contributed by atoms with E-state index in [0.717, 1.165) is 4.91 Å². The minimum absolute atomic E-state index is 0.195. The molecule has 0 bridgehead atoms. The molecular weight excluding hydrogens is 342 g/mol. The number of amides is 1. The second-order valence-corrected chi connectivity index (χ2v) is 6.91. The van der Waals surface area contributed by atoms with Gasteiger partial charge in [0.25, 0.3) is 0 Å². The number of ether oxygens (including phenoxy) is 1. The number of allylic oxidation sites excluding steroid dienone is 1. The van der Waals surface area contributed by atoms with Gasteiger partial charge in [0, 0.05) is 10.2 Å². The summed E-state index contributed by atoms with van der Waals surface area (Å²) in [5.74, 6) is -1.18. The van der Waals surface area contributed by atoms with Gasteiger partial charge in [-0.15, -0.1) is 0 Å². The molecule has 1 amide bonds. The Morgan fingerprint density at radius 1 is 1.67 bits per heavy atom. The van der Waals surface area contributed by atoms with Gasteiger partial charge in [-0.2, -0.15) is 0 Å². The third kappa shape index (κ3) is 2.09. The second kappa shape index (κ2) is 5.44. The lowest BCUT2D eigenvalue weighted by Crippen LogP contribution is -2.63. The van der Waals surface area contributed by atoms with Crippen LogP contribution >= 0.6 is 37.5 Å². The SMILES string of the molecule is COC(=O)C1=C(CBr)SS[C@@H]2[C@@H]([C@@H](C)O)C(=O)N12. The van der Waals surface area contributed by atoms with Gasteiger partial charge < -0.3 is 9.84 Å². The lowest BCUT2D eigenvalue weighted by molar-refractivity contribution is -0.158. The highest BCUT2D eigenvalue weighted by Gasteiger charge is 2.55. The van der Waals surface area contributed by atoms with Crippen LogP contribution in [0.3, 0.4) is 0 Å². The van der Waals surface area contributed by atoms with Crippen LogP contribution in [0.15, 0.2) is 10.6 Å². The third-order valence-electron chi connectivity index (χ3n) is 2.86. The first-order valence-corrected chi connectivity index (χ1v) is 8.58. The number of hydrogen-bond acceptors (Lipinski definition) is 6. The molecule has 2 heterocycles. The van der Waals surface area contributed by atoms with E-state index in [4.69, 9.17) is 4.74 Å². The molecule has 0 aromatic heterocycles. The van der Waals surface area contributed by atoms with Gasteiger partial charge in [-0.25, -0.2) is 4.79 Å². The normalized spacial score (nSPS) is 28.7. The number of carbonyl (C=O) groups excluding carboxylic acids is 2. The molecule has 3 atom stereocenters. The summed E-state index contributed by atoms with van der Waals surface area (Å²) < 4.78 is 4.72. The Hall–Kier alpha value is -0.180. The van der Waals surface area contributed by atoms with E-state index in [1.165, 1.54) is 33.6 Å². The summed E-state index contributed by atoms with van der Waals surface area (Å²) in [7, 11) is 4.22. The van der Waals surface area contributed by atoms with Crippen molar-refractivity contribution in [3.05, 3.63) is 10.6 Å². The Balaban J connectivity index is 2.33. The molecule has 5 nitrogen and oxygen atoms in total. The van der Waals surface area contributed by atoms with Crippen LogP contribution in [0.4, 0.5) is 0 Å². The molecule has 1 saturated heterocycles. The van der Waals surface area contributed by atoms with Crippen molar-refractivity contribution in [2.75, 3.05) is 12.4 Å². The van der Waals surface area contributed by atoms with Gasteiger partial charge in [-0.3, -0.25) is 9.69 Å². The number of rotatable bonds is 3. The van der Waals surface area contributed by atoms with Gasteiger partial charge in [0.2, 0.25) is 5.91 Å². The monoisotopic (exact) mass is 353 g/mol. The maximum absolute atomic E-state index is 12.0. The smallest absolute Gasteiger partial charge is 0.355 e. The van der Waals surface area contributed by atoms with E-state index >= 15 is 0 Å². The molecule has 18 heavy (non-hydrogen) atoms. The molecule has 100 valence electrons. The lowest BCUT2D eigenvalue weighted by atomic mass is 9.92. The number of aliphatic hydroxyl groups is 1. The molecule has 0 aliphatic carbocycles. The Labute approximate surface area is 121 Å². The maximum atomic E-state index is 12.0. The van der Waals surface area contributed by atoms with Gasteiger partial charge in [0.15, 0.2) is 0 Å². The summed E-state index contributed by atoms with van der Waals surface area (Å²) in [6, 6.07) is 0. The second-order valence-electron chi connectivity index (χ2n) is 3.94. The lowest BCUT2D eigenvalue weighted by Gasteiger charge is -2.50. The number of fused-ring (bicyclic) bond motifs is 1. The standard InChI is InChI=1S/C10H12BrNO4S2/c1-4(13)6-8(14)12-7(10(15)16-2)5(3-11)17-18-9(6)12/h4,6,9,13H,3H2,1-2H3/t4-,6+,9-/m1/s1. The molecule has 0 radical (unpaired) electrons. The zero-order valence-corrected chi connectivity index (χ0v) is 13.0.